The monoisotopic (exact) mass is 350 g/mol. The van der Waals surface area contributed by atoms with Gasteiger partial charge in [-0.1, -0.05) is 52.5 Å². The zero-order valence-electron chi connectivity index (χ0n) is 15.8. The third kappa shape index (κ3) is 4.79. The van der Waals surface area contributed by atoms with Crippen molar-refractivity contribution in [3.05, 3.63) is 36.0 Å². The Morgan fingerprint density at radius 3 is 2.24 bits per heavy atom. The van der Waals surface area contributed by atoms with E-state index in [0.29, 0.717) is 12.1 Å². The lowest BCUT2D eigenvalue weighted by atomic mass is 9.99. The van der Waals surface area contributed by atoms with Crippen LogP contribution in [0.25, 0.3) is 0 Å². The minimum absolute atomic E-state index is 0.0261. The molecule has 1 atom stereocenters. The summed E-state index contributed by atoms with van der Waals surface area (Å²) >= 11 is 0. The van der Waals surface area contributed by atoms with Crippen LogP contribution >= 0.6 is 0 Å². The van der Waals surface area contributed by atoms with Crippen molar-refractivity contribution in [2.24, 2.45) is 5.73 Å². The Hall–Kier alpha value is -2.41. The van der Waals surface area contributed by atoms with Crippen LogP contribution in [0.4, 0.5) is 4.79 Å². The topological polar surface area (TPSA) is 105 Å². The Morgan fingerprint density at radius 1 is 1.24 bits per heavy atom. The van der Waals surface area contributed by atoms with Gasteiger partial charge in [-0.05, 0) is 12.5 Å². The standard InChI is InChI=1S/C14H18N4O3.2C2H6/c1-3-5-9-6-18(11(19)10(9)4-2)8-14(7-15)12(20)16-13(21)17-14;2*1-2/h3-5H,2,6-8,15H2,1H3,(H2,16,17,20,21);2*1-2H3/b5-3-;;. The van der Waals surface area contributed by atoms with Gasteiger partial charge in [-0.2, -0.15) is 0 Å². The van der Waals surface area contributed by atoms with Crippen LogP contribution in [0.15, 0.2) is 36.0 Å². The van der Waals surface area contributed by atoms with E-state index in [1.807, 2.05) is 46.8 Å². The second-order valence-corrected chi connectivity index (χ2v) is 5.00. The van der Waals surface area contributed by atoms with Gasteiger partial charge >= 0.3 is 6.03 Å². The maximum atomic E-state index is 12.3. The summed E-state index contributed by atoms with van der Waals surface area (Å²) < 4.78 is 0. The summed E-state index contributed by atoms with van der Waals surface area (Å²) in [5.74, 6) is -0.734. The molecule has 0 aromatic heterocycles. The molecule has 0 aromatic carbocycles. The molecule has 0 aromatic rings. The largest absolute Gasteiger partial charge is 0.331 e. The first kappa shape index (κ1) is 22.6. The van der Waals surface area contributed by atoms with Crippen molar-refractivity contribution in [3.63, 3.8) is 0 Å². The summed E-state index contributed by atoms with van der Waals surface area (Å²) in [5.41, 5.74) is 5.70. The van der Waals surface area contributed by atoms with Crippen molar-refractivity contribution in [1.29, 1.82) is 0 Å². The number of imide groups is 1. The number of hydrogen-bond donors (Lipinski definition) is 3. The Balaban J connectivity index is 0.00000134. The quantitative estimate of drug-likeness (QED) is 0.653. The van der Waals surface area contributed by atoms with Gasteiger partial charge in [0.2, 0.25) is 0 Å². The summed E-state index contributed by atoms with van der Waals surface area (Å²) in [5, 5.41) is 4.67. The molecular formula is C18H30N4O3. The van der Waals surface area contributed by atoms with Gasteiger partial charge in [-0.15, -0.1) is 0 Å². The molecule has 2 aliphatic heterocycles. The van der Waals surface area contributed by atoms with Gasteiger partial charge in [-0.3, -0.25) is 14.9 Å². The Morgan fingerprint density at radius 2 is 1.84 bits per heavy atom. The van der Waals surface area contributed by atoms with Crippen molar-refractivity contribution in [2.75, 3.05) is 19.6 Å². The summed E-state index contributed by atoms with van der Waals surface area (Å²) in [4.78, 5) is 37.1. The van der Waals surface area contributed by atoms with Crippen LogP contribution < -0.4 is 16.4 Å². The third-order valence-corrected chi connectivity index (χ3v) is 3.62. The van der Waals surface area contributed by atoms with Crippen molar-refractivity contribution >= 4 is 17.8 Å². The highest BCUT2D eigenvalue weighted by atomic mass is 16.2. The number of amides is 4. The van der Waals surface area contributed by atoms with E-state index in [9.17, 15) is 14.4 Å². The highest BCUT2D eigenvalue weighted by molar-refractivity contribution is 6.08. The number of rotatable bonds is 5. The average Bonchev–Trinajstić information content (AvgIpc) is 3.08. The number of carbonyl (C=O) groups is 3. The number of nitrogens with zero attached hydrogens (tertiary/aromatic N) is 1. The van der Waals surface area contributed by atoms with Crippen molar-refractivity contribution in [1.82, 2.24) is 15.5 Å². The Labute approximate surface area is 150 Å². The van der Waals surface area contributed by atoms with Crippen molar-refractivity contribution in [3.8, 4) is 0 Å². The summed E-state index contributed by atoms with van der Waals surface area (Å²) in [6, 6.07) is -0.595. The molecule has 2 rings (SSSR count). The predicted octanol–water partition coefficient (Wildman–Crippen LogP) is 1.48. The lowest BCUT2D eigenvalue weighted by molar-refractivity contribution is -0.129. The third-order valence-electron chi connectivity index (χ3n) is 3.62. The van der Waals surface area contributed by atoms with Crippen molar-refractivity contribution < 1.29 is 14.4 Å². The number of nitrogens with one attached hydrogen (secondary N) is 2. The van der Waals surface area contributed by atoms with E-state index >= 15 is 0 Å². The van der Waals surface area contributed by atoms with Crippen LogP contribution in [0.2, 0.25) is 0 Å². The number of urea groups is 1. The maximum absolute atomic E-state index is 12.3. The molecule has 0 spiro atoms. The molecule has 2 aliphatic rings. The van der Waals surface area contributed by atoms with Crippen LogP contribution in [0.3, 0.4) is 0 Å². The van der Waals surface area contributed by atoms with Gasteiger partial charge in [0.05, 0.1) is 6.54 Å². The second-order valence-electron chi connectivity index (χ2n) is 5.00. The molecule has 2 heterocycles. The van der Waals surface area contributed by atoms with E-state index in [1.165, 1.54) is 11.0 Å². The molecule has 1 fully saturated rings. The van der Waals surface area contributed by atoms with Gasteiger partial charge in [-0.25, -0.2) is 4.79 Å². The minimum Gasteiger partial charge on any atom is -0.331 e. The Kier molecular flexibility index (Phi) is 9.45. The first-order chi connectivity index (χ1) is 12.0. The normalized spacial score (nSPS) is 22.2. The van der Waals surface area contributed by atoms with E-state index in [2.05, 4.69) is 17.2 Å². The van der Waals surface area contributed by atoms with Crippen LogP contribution in [-0.2, 0) is 9.59 Å². The van der Waals surface area contributed by atoms with Gasteiger partial charge in [0.25, 0.3) is 11.8 Å². The van der Waals surface area contributed by atoms with E-state index in [0.717, 1.165) is 5.57 Å². The lowest BCUT2D eigenvalue weighted by Gasteiger charge is -2.29. The molecule has 7 nitrogen and oxygen atoms in total. The van der Waals surface area contributed by atoms with Gasteiger partial charge in [0.15, 0.2) is 5.54 Å². The molecular weight excluding hydrogens is 320 g/mol. The average molecular weight is 350 g/mol. The zero-order chi connectivity index (χ0) is 19.6. The Bertz CT molecular complexity index is 581. The van der Waals surface area contributed by atoms with E-state index < -0.39 is 17.5 Å². The molecule has 0 bridgehead atoms. The fourth-order valence-corrected chi connectivity index (χ4v) is 2.53. The fraction of sp³-hybridized carbons (Fsp3) is 0.500. The number of allylic oxidation sites excluding steroid dienone is 1. The number of nitrogens with two attached hydrogens (primary N) is 1. The van der Waals surface area contributed by atoms with Crippen molar-refractivity contribution in [2.45, 2.75) is 40.2 Å². The molecule has 1 unspecified atom stereocenters. The molecule has 0 aliphatic carbocycles. The first-order valence-corrected chi connectivity index (χ1v) is 8.58. The molecule has 4 N–H and O–H groups in total. The zero-order valence-corrected chi connectivity index (χ0v) is 15.8. The lowest BCUT2D eigenvalue weighted by Crippen LogP contribution is -2.60. The molecule has 140 valence electrons. The predicted molar refractivity (Wildman–Crippen MR) is 99.8 cm³/mol. The first-order valence-electron chi connectivity index (χ1n) is 8.58. The minimum atomic E-state index is -1.27. The molecule has 7 heteroatoms. The molecule has 25 heavy (non-hydrogen) atoms. The number of hydrogen-bond acceptors (Lipinski definition) is 4. The summed E-state index contributed by atoms with van der Waals surface area (Å²) in [7, 11) is 0. The molecule has 0 saturated carbocycles. The van der Waals surface area contributed by atoms with Crippen LogP contribution in [-0.4, -0.2) is 47.9 Å². The highest BCUT2D eigenvalue weighted by Crippen LogP contribution is 2.24. The van der Waals surface area contributed by atoms with E-state index in [1.54, 1.807) is 0 Å². The second kappa shape index (κ2) is 10.5. The van der Waals surface area contributed by atoms with Crippen LogP contribution in [0.1, 0.15) is 34.6 Å². The number of carbonyl (C=O) groups excluding carboxylic acids is 3. The van der Waals surface area contributed by atoms with Gasteiger partial charge in [0, 0.05) is 18.7 Å². The van der Waals surface area contributed by atoms with E-state index in [-0.39, 0.29) is 19.0 Å². The molecule has 4 amide bonds. The summed E-state index contributed by atoms with van der Waals surface area (Å²) in [6.45, 7) is 13.8. The SMILES string of the molecule is C=CC1=C(/C=C\C)CN(CC2(CN)NC(=O)NC2=O)C1=O.CC.CC. The maximum Gasteiger partial charge on any atom is 0.322 e. The van der Waals surface area contributed by atoms with Crippen LogP contribution in [0, 0.1) is 0 Å². The van der Waals surface area contributed by atoms with Gasteiger partial charge in [0.1, 0.15) is 0 Å². The van der Waals surface area contributed by atoms with E-state index in [4.69, 9.17) is 5.73 Å². The summed E-state index contributed by atoms with van der Waals surface area (Å²) in [6.07, 6.45) is 5.16. The molecule has 1 saturated heterocycles. The smallest absolute Gasteiger partial charge is 0.322 e. The molecule has 0 radical (unpaired) electrons. The highest BCUT2D eigenvalue weighted by Gasteiger charge is 2.48. The van der Waals surface area contributed by atoms with Gasteiger partial charge < -0.3 is 16.0 Å². The fourth-order valence-electron chi connectivity index (χ4n) is 2.53. The van der Waals surface area contributed by atoms with Crippen LogP contribution in [0.5, 0.6) is 0 Å².